The number of fused-ring (bicyclic) bond motifs is 1. The molecule has 16 heavy (non-hydrogen) atoms. The molecule has 0 amide bonds. The van der Waals surface area contributed by atoms with Gasteiger partial charge >= 0.3 is 0 Å². The second-order valence-electron chi connectivity index (χ2n) is 4.62. The van der Waals surface area contributed by atoms with Crippen LogP contribution in [0.2, 0.25) is 0 Å². The monoisotopic (exact) mass is 216 g/mol. The summed E-state index contributed by atoms with van der Waals surface area (Å²) < 4.78 is 5.87. The fourth-order valence-electron chi connectivity index (χ4n) is 2.48. The van der Waals surface area contributed by atoms with Crippen molar-refractivity contribution in [2.75, 3.05) is 13.6 Å². The van der Waals surface area contributed by atoms with Crippen molar-refractivity contribution >= 4 is 11.1 Å². The molecule has 1 aliphatic rings. The lowest BCUT2D eigenvalue weighted by Crippen LogP contribution is -2.16. The minimum atomic E-state index is 0.439. The van der Waals surface area contributed by atoms with Gasteiger partial charge in [0.05, 0.1) is 6.04 Å². The molecule has 3 rings (SSSR count). The highest BCUT2D eigenvalue weighted by molar-refractivity contribution is 5.73. The third-order valence-electron chi connectivity index (χ3n) is 3.38. The van der Waals surface area contributed by atoms with Crippen molar-refractivity contribution in [3.8, 4) is 0 Å². The van der Waals surface area contributed by atoms with Crippen molar-refractivity contribution in [2.45, 2.75) is 25.8 Å². The first kappa shape index (κ1) is 9.85. The Labute approximate surface area is 95.1 Å². The predicted octanol–water partition coefficient (Wildman–Crippen LogP) is 2.90. The van der Waals surface area contributed by atoms with E-state index in [4.69, 9.17) is 4.42 Å². The van der Waals surface area contributed by atoms with Gasteiger partial charge in [-0.05, 0) is 45.5 Å². The number of nitrogens with zero attached hydrogens (tertiary/aromatic N) is 2. The Bertz CT molecular complexity index is 518. The lowest BCUT2D eigenvalue weighted by atomic mass is 10.2. The molecular weight excluding hydrogens is 200 g/mol. The number of hydrogen-bond acceptors (Lipinski definition) is 3. The number of furan rings is 1. The molecule has 0 N–H and O–H groups in total. The van der Waals surface area contributed by atoms with Crippen LogP contribution in [-0.4, -0.2) is 23.5 Å². The first-order chi connectivity index (χ1) is 7.74. The Balaban J connectivity index is 2.04. The number of aryl methyl sites for hydroxylation is 1. The molecule has 0 bridgehead atoms. The minimum Gasteiger partial charge on any atom is -0.458 e. The normalized spacial score (nSPS) is 22.0. The summed E-state index contributed by atoms with van der Waals surface area (Å²) in [5.41, 5.74) is 2.93. The molecule has 0 saturated carbocycles. The van der Waals surface area contributed by atoms with Gasteiger partial charge in [-0.1, -0.05) is 0 Å². The summed E-state index contributed by atoms with van der Waals surface area (Å²) in [7, 11) is 2.16. The Hall–Kier alpha value is -1.35. The molecule has 0 spiro atoms. The van der Waals surface area contributed by atoms with Crippen molar-refractivity contribution in [1.29, 1.82) is 0 Å². The average molecular weight is 216 g/mol. The van der Waals surface area contributed by atoms with Crippen molar-refractivity contribution in [3.05, 3.63) is 29.7 Å². The molecule has 0 aromatic carbocycles. The quantitative estimate of drug-likeness (QED) is 0.734. The van der Waals surface area contributed by atoms with Crippen LogP contribution in [0.4, 0.5) is 0 Å². The van der Waals surface area contributed by atoms with Crippen molar-refractivity contribution in [2.24, 2.45) is 0 Å². The summed E-state index contributed by atoms with van der Waals surface area (Å²) in [6.07, 6.45) is 2.44. The maximum absolute atomic E-state index is 5.87. The van der Waals surface area contributed by atoms with E-state index in [1.165, 1.54) is 12.8 Å². The van der Waals surface area contributed by atoms with Crippen LogP contribution in [0.5, 0.6) is 0 Å². The molecule has 2 aromatic rings. The van der Waals surface area contributed by atoms with Gasteiger partial charge in [0.25, 0.3) is 0 Å². The lowest BCUT2D eigenvalue weighted by Gasteiger charge is -2.16. The highest BCUT2D eigenvalue weighted by Crippen LogP contribution is 2.33. The zero-order valence-electron chi connectivity index (χ0n) is 9.73. The largest absolute Gasteiger partial charge is 0.458 e. The zero-order valence-corrected chi connectivity index (χ0v) is 9.73. The van der Waals surface area contributed by atoms with Crippen LogP contribution in [0.25, 0.3) is 11.1 Å². The number of rotatable bonds is 1. The van der Waals surface area contributed by atoms with Crippen LogP contribution in [0.15, 0.2) is 22.6 Å². The SMILES string of the molecule is Cc1ccc2oc([C@H]3CCCN3C)cc2n1. The van der Waals surface area contributed by atoms with Crippen LogP contribution >= 0.6 is 0 Å². The van der Waals surface area contributed by atoms with E-state index in [0.717, 1.165) is 29.1 Å². The number of aromatic nitrogens is 1. The summed E-state index contributed by atoms with van der Waals surface area (Å²) >= 11 is 0. The number of likely N-dealkylation sites (tertiary alicyclic amines) is 1. The summed E-state index contributed by atoms with van der Waals surface area (Å²) in [6, 6.07) is 6.54. The molecule has 0 radical (unpaired) electrons. The highest BCUT2D eigenvalue weighted by atomic mass is 16.3. The van der Waals surface area contributed by atoms with Gasteiger partial charge in [0, 0.05) is 11.8 Å². The van der Waals surface area contributed by atoms with Crippen molar-refractivity contribution < 1.29 is 4.42 Å². The van der Waals surface area contributed by atoms with E-state index in [-0.39, 0.29) is 0 Å². The molecule has 3 heteroatoms. The molecule has 2 aromatic heterocycles. The lowest BCUT2D eigenvalue weighted by molar-refractivity contribution is 0.281. The summed E-state index contributed by atoms with van der Waals surface area (Å²) in [6.45, 7) is 3.17. The second kappa shape index (κ2) is 3.59. The maximum Gasteiger partial charge on any atom is 0.152 e. The van der Waals surface area contributed by atoms with Crippen LogP contribution < -0.4 is 0 Å². The standard InChI is InChI=1S/C13H16N2O/c1-9-5-6-12-10(14-9)8-13(16-12)11-4-3-7-15(11)2/h5-6,8,11H,3-4,7H2,1-2H3/t11-/m1/s1. The molecule has 84 valence electrons. The Morgan fingerprint density at radius 2 is 2.31 bits per heavy atom. The Morgan fingerprint density at radius 1 is 1.44 bits per heavy atom. The first-order valence-corrected chi connectivity index (χ1v) is 5.81. The van der Waals surface area contributed by atoms with E-state index in [9.17, 15) is 0 Å². The molecule has 1 fully saturated rings. The number of pyridine rings is 1. The molecular formula is C13H16N2O. The Morgan fingerprint density at radius 3 is 3.06 bits per heavy atom. The fourth-order valence-corrected chi connectivity index (χ4v) is 2.48. The van der Waals surface area contributed by atoms with Gasteiger partial charge in [-0.25, -0.2) is 4.98 Å². The van der Waals surface area contributed by atoms with E-state index in [0.29, 0.717) is 6.04 Å². The predicted molar refractivity (Wildman–Crippen MR) is 63.4 cm³/mol. The molecule has 0 aliphatic carbocycles. The fraction of sp³-hybridized carbons (Fsp3) is 0.462. The van der Waals surface area contributed by atoms with Gasteiger partial charge in [-0.3, -0.25) is 4.90 Å². The van der Waals surface area contributed by atoms with Gasteiger partial charge in [0.2, 0.25) is 0 Å². The smallest absolute Gasteiger partial charge is 0.152 e. The summed E-state index contributed by atoms with van der Waals surface area (Å²) in [5, 5.41) is 0. The average Bonchev–Trinajstić information content (AvgIpc) is 2.82. The summed E-state index contributed by atoms with van der Waals surface area (Å²) in [5.74, 6) is 1.06. The molecule has 3 nitrogen and oxygen atoms in total. The van der Waals surface area contributed by atoms with E-state index in [1.54, 1.807) is 0 Å². The van der Waals surface area contributed by atoms with Crippen molar-refractivity contribution in [1.82, 2.24) is 9.88 Å². The van der Waals surface area contributed by atoms with E-state index < -0.39 is 0 Å². The van der Waals surface area contributed by atoms with Gasteiger partial charge in [-0.2, -0.15) is 0 Å². The summed E-state index contributed by atoms with van der Waals surface area (Å²) in [4.78, 5) is 6.83. The first-order valence-electron chi connectivity index (χ1n) is 5.81. The third-order valence-corrected chi connectivity index (χ3v) is 3.38. The molecule has 1 atom stereocenters. The van der Waals surface area contributed by atoms with Gasteiger partial charge in [0.1, 0.15) is 11.3 Å². The molecule has 3 heterocycles. The van der Waals surface area contributed by atoms with Crippen molar-refractivity contribution in [3.63, 3.8) is 0 Å². The minimum absolute atomic E-state index is 0.439. The van der Waals surface area contributed by atoms with E-state index in [2.05, 4.69) is 23.0 Å². The molecule has 1 saturated heterocycles. The Kier molecular flexibility index (Phi) is 2.21. The second-order valence-corrected chi connectivity index (χ2v) is 4.62. The maximum atomic E-state index is 5.87. The molecule has 1 aliphatic heterocycles. The van der Waals surface area contributed by atoms with Gasteiger partial charge < -0.3 is 4.42 Å². The van der Waals surface area contributed by atoms with Crippen LogP contribution in [0.3, 0.4) is 0 Å². The topological polar surface area (TPSA) is 29.3 Å². The third kappa shape index (κ3) is 1.52. The van der Waals surface area contributed by atoms with E-state index in [1.807, 2.05) is 19.1 Å². The van der Waals surface area contributed by atoms with Crippen LogP contribution in [0, 0.1) is 6.92 Å². The van der Waals surface area contributed by atoms with Gasteiger partial charge in [-0.15, -0.1) is 0 Å². The van der Waals surface area contributed by atoms with Crippen LogP contribution in [-0.2, 0) is 0 Å². The van der Waals surface area contributed by atoms with E-state index >= 15 is 0 Å². The number of hydrogen-bond donors (Lipinski definition) is 0. The van der Waals surface area contributed by atoms with Gasteiger partial charge in [0.15, 0.2) is 5.58 Å². The molecule has 0 unspecified atom stereocenters. The highest BCUT2D eigenvalue weighted by Gasteiger charge is 2.25. The zero-order chi connectivity index (χ0) is 11.1. The van der Waals surface area contributed by atoms with Crippen LogP contribution in [0.1, 0.15) is 30.3 Å².